The Bertz CT molecular complexity index is 626. The third-order valence-electron chi connectivity index (χ3n) is 4.61. The number of hydrogen-bond donors (Lipinski definition) is 1. The van der Waals surface area contributed by atoms with Crippen LogP contribution in [0.25, 0.3) is 11.0 Å². The fourth-order valence-corrected chi connectivity index (χ4v) is 3.52. The second-order valence-electron chi connectivity index (χ2n) is 6.34. The van der Waals surface area contributed by atoms with E-state index in [-0.39, 0.29) is 5.54 Å². The van der Waals surface area contributed by atoms with Crippen LogP contribution in [-0.2, 0) is 5.54 Å². The first-order valence-corrected chi connectivity index (χ1v) is 8.06. The number of imidazole rings is 1. The van der Waals surface area contributed by atoms with Crippen molar-refractivity contribution in [3.8, 4) is 5.75 Å². The average Bonchev–Trinajstić information content (AvgIpc) is 2.83. The van der Waals surface area contributed by atoms with E-state index in [9.17, 15) is 0 Å². The summed E-state index contributed by atoms with van der Waals surface area (Å²) in [7, 11) is 0. The van der Waals surface area contributed by atoms with E-state index in [0.29, 0.717) is 12.6 Å². The number of fused-ring (bicyclic) bond motifs is 1. The molecule has 1 heterocycles. The van der Waals surface area contributed by atoms with E-state index in [2.05, 4.69) is 29.5 Å². The maximum absolute atomic E-state index is 6.26. The molecule has 2 aromatic rings. The zero-order valence-electron chi connectivity index (χ0n) is 13.1. The summed E-state index contributed by atoms with van der Waals surface area (Å²) < 4.78 is 8.06. The third-order valence-corrected chi connectivity index (χ3v) is 4.61. The Hall–Kier alpha value is -1.71. The van der Waals surface area contributed by atoms with E-state index in [1.165, 1.54) is 32.1 Å². The number of hydrogen-bond acceptors (Lipinski definition) is 3. The number of para-hydroxylation sites is 1. The first kappa shape index (κ1) is 14.2. The second-order valence-corrected chi connectivity index (χ2v) is 6.34. The molecule has 1 aromatic heterocycles. The maximum atomic E-state index is 6.26. The predicted molar refractivity (Wildman–Crippen MR) is 86.7 cm³/mol. The standard InChI is InChI=1S/C17H25N3O/c1-3-12-21-14-9-7-8-13-15(14)19-16(18)20(13)17(2)10-5-4-6-11-17/h7-9H,3-6,10-12H2,1-2H3,(H2,18,19). The molecule has 0 unspecified atom stereocenters. The number of rotatable bonds is 4. The Labute approximate surface area is 126 Å². The molecule has 21 heavy (non-hydrogen) atoms. The van der Waals surface area contributed by atoms with Gasteiger partial charge < -0.3 is 15.0 Å². The lowest BCUT2D eigenvalue weighted by molar-refractivity contribution is 0.228. The van der Waals surface area contributed by atoms with Crippen LogP contribution < -0.4 is 10.5 Å². The highest BCUT2D eigenvalue weighted by Crippen LogP contribution is 2.40. The maximum Gasteiger partial charge on any atom is 0.201 e. The van der Waals surface area contributed by atoms with E-state index in [0.717, 1.165) is 23.2 Å². The normalized spacial score (nSPS) is 18.0. The highest BCUT2D eigenvalue weighted by molar-refractivity contribution is 5.84. The lowest BCUT2D eigenvalue weighted by Gasteiger charge is -2.36. The molecule has 1 fully saturated rings. The molecule has 0 saturated heterocycles. The SMILES string of the molecule is CCCOc1cccc2c1nc(N)n2C1(C)CCCCC1. The van der Waals surface area contributed by atoms with Crippen molar-refractivity contribution in [3.63, 3.8) is 0 Å². The van der Waals surface area contributed by atoms with Crippen molar-refractivity contribution in [1.29, 1.82) is 0 Å². The molecule has 3 rings (SSSR count). The van der Waals surface area contributed by atoms with Gasteiger partial charge in [-0.05, 0) is 38.3 Å². The summed E-state index contributed by atoms with van der Waals surface area (Å²) in [4.78, 5) is 4.60. The van der Waals surface area contributed by atoms with Gasteiger partial charge in [-0.2, -0.15) is 0 Å². The Morgan fingerprint density at radius 3 is 2.76 bits per heavy atom. The monoisotopic (exact) mass is 287 g/mol. The molecule has 1 saturated carbocycles. The molecule has 1 aromatic carbocycles. The van der Waals surface area contributed by atoms with Crippen molar-refractivity contribution in [2.75, 3.05) is 12.3 Å². The number of ether oxygens (including phenoxy) is 1. The summed E-state index contributed by atoms with van der Waals surface area (Å²) in [5.41, 5.74) is 8.35. The zero-order valence-corrected chi connectivity index (χ0v) is 13.1. The Morgan fingerprint density at radius 1 is 1.29 bits per heavy atom. The molecule has 0 amide bonds. The lowest BCUT2D eigenvalue weighted by Crippen LogP contribution is -2.33. The molecule has 114 valence electrons. The molecule has 0 radical (unpaired) electrons. The summed E-state index contributed by atoms with van der Waals surface area (Å²) in [6, 6.07) is 6.13. The Morgan fingerprint density at radius 2 is 2.05 bits per heavy atom. The van der Waals surface area contributed by atoms with Gasteiger partial charge in [0.1, 0.15) is 11.3 Å². The zero-order chi connectivity index (χ0) is 14.9. The topological polar surface area (TPSA) is 53.1 Å². The van der Waals surface area contributed by atoms with Gasteiger partial charge in [-0.1, -0.05) is 32.3 Å². The van der Waals surface area contributed by atoms with Crippen molar-refractivity contribution in [2.24, 2.45) is 0 Å². The van der Waals surface area contributed by atoms with E-state index >= 15 is 0 Å². The van der Waals surface area contributed by atoms with Gasteiger partial charge in [0.2, 0.25) is 5.95 Å². The summed E-state index contributed by atoms with van der Waals surface area (Å²) in [6.07, 6.45) is 7.19. The van der Waals surface area contributed by atoms with E-state index in [1.807, 2.05) is 12.1 Å². The van der Waals surface area contributed by atoms with Gasteiger partial charge in [0, 0.05) is 5.54 Å². The molecule has 0 bridgehead atoms. The number of aromatic nitrogens is 2. The van der Waals surface area contributed by atoms with Crippen LogP contribution in [0.1, 0.15) is 52.4 Å². The minimum atomic E-state index is 0.0838. The van der Waals surface area contributed by atoms with Crippen LogP contribution in [0, 0.1) is 0 Å². The number of nitrogens with two attached hydrogens (primary N) is 1. The minimum absolute atomic E-state index is 0.0838. The number of nitrogens with zero attached hydrogens (tertiary/aromatic N) is 2. The van der Waals surface area contributed by atoms with Crippen molar-refractivity contribution in [3.05, 3.63) is 18.2 Å². The van der Waals surface area contributed by atoms with Crippen LogP contribution in [-0.4, -0.2) is 16.2 Å². The third kappa shape index (κ3) is 2.47. The Balaban J connectivity index is 2.09. The average molecular weight is 287 g/mol. The number of nitrogen functional groups attached to an aromatic ring is 1. The molecule has 0 spiro atoms. The van der Waals surface area contributed by atoms with Crippen molar-refractivity contribution in [1.82, 2.24) is 9.55 Å². The van der Waals surface area contributed by atoms with E-state index in [1.54, 1.807) is 0 Å². The molecule has 2 N–H and O–H groups in total. The summed E-state index contributed by atoms with van der Waals surface area (Å²) in [5, 5.41) is 0. The largest absolute Gasteiger partial charge is 0.491 e. The van der Waals surface area contributed by atoms with E-state index < -0.39 is 0 Å². The van der Waals surface area contributed by atoms with Crippen molar-refractivity contribution < 1.29 is 4.74 Å². The fraction of sp³-hybridized carbons (Fsp3) is 0.588. The quantitative estimate of drug-likeness (QED) is 0.921. The molecule has 1 aliphatic rings. The van der Waals surface area contributed by atoms with Crippen LogP contribution in [0.5, 0.6) is 5.75 Å². The highest BCUT2D eigenvalue weighted by atomic mass is 16.5. The van der Waals surface area contributed by atoms with Gasteiger partial charge >= 0.3 is 0 Å². The number of benzene rings is 1. The molecule has 0 aliphatic heterocycles. The lowest BCUT2D eigenvalue weighted by atomic mass is 9.83. The van der Waals surface area contributed by atoms with Crippen LogP contribution in [0.15, 0.2) is 18.2 Å². The van der Waals surface area contributed by atoms with Crippen LogP contribution in [0.3, 0.4) is 0 Å². The second kappa shape index (κ2) is 5.58. The summed E-state index contributed by atoms with van der Waals surface area (Å²) >= 11 is 0. The van der Waals surface area contributed by atoms with Crippen LogP contribution in [0.2, 0.25) is 0 Å². The fourth-order valence-electron chi connectivity index (χ4n) is 3.52. The molecular weight excluding hydrogens is 262 g/mol. The van der Waals surface area contributed by atoms with Gasteiger partial charge in [-0.15, -0.1) is 0 Å². The number of anilines is 1. The van der Waals surface area contributed by atoms with E-state index in [4.69, 9.17) is 10.5 Å². The molecule has 4 nitrogen and oxygen atoms in total. The van der Waals surface area contributed by atoms with Gasteiger partial charge in [0.15, 0.2) is 0 Å². The predicted octanol–water partition coefficient (Wildman–Crippen LogP) is 4.09. The smallest absolute Gasteiger partial charge is 0.201 e. The molecule has 4 heteroatoms. The van der Waals surface area contributed by atoms with Crippen LogP contribution >= 0.6 is 0 Å². The van der Waals surface area contributed by atoms with Crippen LogP contribution in [0.4, 0.5) is 5.95 Å². The Kier molecular flexibility index (Phi) is 3.79. The van der Waals surface area contributed by atoms with Gasteiger partial charge in [0.25, 0.3) is 0 Å². The first-order chi connectivity index (χ1) is 10.2. The summed E-state index contributed by atoms with van der Waals surface area (Å²) in [5.74, 6) is 1.46. The highest BCUT2D eigenvalue weighted by Gasteiger charge is 2.32. The molecule has 1 aliphatic carbocycles. The molecule has 0 atom stereocenters. The molecular formula is C17H25N3O. The van der Waals surface area contributed by atoms with Gasteiger partial charge in [-0.3, -0.25) is 0 Å². The van der Waals surface area contributed by atoms with Crippen molar-refractivity contribution in [2.45, 2.75) is 57.9 Å². The summed E-state index contributed by atoms with van der Waals surface area (Å²) in [6.45, 7) is 5.13. The van der Waals surface area contributed by atoms with Gasteiger partial charge in [-0.25, -0.2) is 4.98 Å². The minimum Gasteiger partial charge on any atom is -0.491 e. The van der Waals surface area contributed by atoms with Crippen molar-refractivity contribution >= 4 is 17.0 Å². The first-order valence-electron chi connectivity index (χ1n) is 8.06. The van der Waals surface area contributed by atoms with Gasteiger partial charge in [0.05, 0.1) is 12.1 Å².